The average Bonchev–Trinajstić information content (AvgIpc) is 3.01. The largest absolute Gasteiger partial charge is 0.481 e. The molecule has 1 aliphatic rings. The molecule has 2 aromatic rings. The molecule has 1 fully saturated rings. The molecule has 0 saturated carbocycles. The lowest BCUT2D eigenvalue weighted by Gasteiger charge is -2.22. The summed E-state index contributed by atoms with van der Waals surface area (Å²) in [6.45, 7) is 4.38. The zero-order chi connectivity index (χ0) is 15.2. The summed E-state index contributed by atoms with van der Waals surface area (Å²) in [5.74, 6) is -0.950. The van der Waals surface area contributed by atoms with Crippen molar-refractivity contribution >= 4 is 33.3 Å². The smallest absolute Gasteiger partial charge is 0.311 e. The predicted octanol–water partition coefficient (Wildman–Crippen LogP) is 3.08. The molecule has 0 spiro atoms. The quantitative estimate of drug-likeness (QED) is 0.927. The van der Waals surface area contributed by atoms with E-state index in [0.29, 0.717) is 12.1 Å². The number of amides is 1. The van der Waals surface area contributed by atoms with Gasteiger partial charge in [0, 0.05) is 28.6 Å². The first kappa shape index (κ1) is 14.1. The molecule has 4 nitrogen and oxygen atoms in total. The number of carbonyl (C=O) groups excluding carboxylic acids is 1. The van der Waals surface area contributed by atoms with Gasteiger partial charge in [0.25, 0.3) is 5.91 Å². The van der Waals surface area contributed by atoms with Crippen molar-refractivity contribution in [3.05, 3.63) is 35.2 Å². The molecular formula is C16H17NO3S. The van der Waals surface area contributed by atoms with Crippen molar-refractivity contribution in [3.8, 4) is 0 Å². The molecule has 5 heteroatoms. The molecule has 0 bridgehead atoms. The molecule has 1 amide bonds. The van der Waals surface area contributed by atoms with Crippen LogP contribution in [-0.2, 0) is 4.79 Å². The Kier molecular flexibility index (Phi) is 3.24. The molecule has 2 heterocycles. The molecule has 110 valence electrons. The summed E-state index contributed by atoms with van der Waals surface area (Å²) in [4.78, 5) is 25.9. The van der Waals surface area contributed by atoms with Crippen LogP contribution in [0.4, 0.5) is 0 Å². The highest BCUT2D eigenvalue weighted by Gasteiger charge is 2.48. The molecule has 0 aliphatic carbocycles. The molecule has 1 saturated heterocycles. The van der Waals surface area contributed by atoms with Gasteiger partial charge >= 0.3 is 5.97 Å². The number of likely N-dealkylation sites (tertiary alicyclic amines) is 1. The van der Waals surface area contributed by atoms with Crippen LogP contribution in [0, 0.1) is 11.3 Å². The monoisotopic (exact) mass is 303 g/mol. The third-order valence-electron chi connectivity index (χ3n) is 4.59. The van der Waals surface area contributed by atoms with E-state index >= 15 is 0 Å². The zero-order valence-corrected chi connectivity index (χ0v) is 12.8. The lowest BCUT2D eigenvalue weighted by Crippen LogP contribution is -2.36. The standard InChI is InChI=1S/C16H17NO3S/c1-10-7-17(9-16(10,2)15(19)20)14(18)12-8-21-13-6-4-3-5-11(12)13/h3-6,8,10H,7,9H2,1-2H3,(H,19,20)/t10-,16-/m1/s1. The van der Waals surface area contributed by atoms with Crippen LogP contribution >= 0.6 is 11.3 Å². The van der Waals surface area contributed by atoms with E-state index in [1.807, 2.05) is 36.6 Å². The predicted molar refractivity (Wildman–Crippen MR) is 82.6 cm³/mol. The van der Waals surface area contributed by atoms with E-state index in [-0.39, 0.29) is 18.4 Å². The van der Waals surface area contributed by atoms with E-state index in [2.05, 4.69) is 0 Å². The molecule has 1 aromatic carbocycles. The maximum Gasteiger partial charge on any atom is 0.311 e. The Balaban J connectivity index is 1.92. The van der Waals surface area contributed by atoms with Crippen LogP contribution in [0.1, 0.15) is 24.2 Å². The molecule has 0 radical (unpaired) electrons. The number of hydrogen-bond donors (Lipinski definition) is 1. The van der Waals surface area contributed by atoms with Crippen LogP contribution in [0.5, 0.6) is 0 Å². The minimum atomic E-state index is -0.860. The molecule has 21 heavy (non-hydrogen) atoms. The first-order valence-corrected chi connectivity index (χ1v) is 7.80. The van der Waals surface area contributed by atoms with Gasteiger partial charge in [-0.05, 0) is 18.9 Å². The van der Waals surface area contributed by atoms with Gasteiger partial charge in [0.1, 0.15) is 0 Å². The van der Waals surface area contributed by atoms with Gasteiger partial charge in [0.15, 0.2) is 0 Å². The summed E-state index contributed by atoms with van der Waals surface area (Å²) < 4.78 is 1.08. The Bertz CT molecular complexity index is 723. The first-order valence-electron chi connectivity index (χ1n) is 6.92. The number of hydrogen-bond acceptors (Lipinski definition) is 3. The van der Waals surface area contributed by atoms with Crippen LogP contribution in [0.3, 0.4) is 0 Å². The number of thiophene rings is 1. The fourth-order valence-electron chi connectivity index (χ4n) is 2.90. The van der Waals surface area contributed by atoms with Gasteiger partial charge in [-0.25, -0.2) is 0 Å². The number of aliphatic carboxylic acids is 1. The Labute approximate surface area is 127 Å². The topological polar surface area (TPSA) is 57.6 Å². The fourth-order valence-corrected chi connectivity index (χ4v) is 3.83. The van der Waals surface area contributed by atoms with Crippen molar-refractivity contribution in [2.24, 2.45) is 11.3 Å². The first-order chi connectivity index (χ1) is 9.93. The number of benzene rings is 1. The van der Waals surface area contributed by atoms with Crippen molar-refractivity contribution in [1.29, 1.82) is 0 Å². The lowest BCUT2D eigenvalue weighted by atomic mass is 9.81. The third kappa shape index (κ3) is 2.12. The summed E-state index contributed by atoms with van der Waals surface area (Å²) in [5, 5.41) is 12.2. The Hall–Kier alpha value is -1.88. The van der Waals surface area contributed by atoms with E-state index in [1.54, 1.807) is 23.2 Å². The average molecular weight is 303 g/mol. The lowest BCUT2D eigenvalue weighted by molar-refractivity contribution is -0.148. The second-order valence-electron chi connectivity index (χ2n) is 5.95. The Morgan fingerprint density at radius 2 is 2.10 bits per heavy atom. The highest BCUT2D eigenvalue weighted by Crippen LogP contribution is 2.37. The van der Waals surface area contributed by atoms with Gasteiger partial charge in [-0.15, -0.1) is 11.3 Å². The highest BCUT2D eigenvalue weighted by atomic mass is 32.1. The second-order valence-corrected chi connectivity index (χ2v) is 6.87. The van der Waals surface area contributed by atoms with Crippen LogP contribution in [0.25, 0.3) is 10.1 Å². The van der Waals surface area contributed by atoms with Gasteiger partial charge in [-0.2, -0.15) is 0 Å². The van der Waals surface area contributed by atoms with Crippen LogP contribution in [0.2, 0.25) is 0 Å². The number of fused-ring (bicyclic) bond motifs is 1. The minimum absolute atomic E-state index is 0.0520. The Morgan fingerprint density at radius 1 is 1.38 bits per heavy atom. The summed E-state index contributed by atoms with van der Waals surface area (Å²) >= 11 is 1.54. The van der Waals surface area contributed by atoms with Gasteiger partial charge in [-0.3, -0.25) is 9.59 Å². The molecule has 1 N–H and O–H groups in total. The van der Waals surface area contributed by atoms with Crippen molar-refractivity contribution in [3.63, 3.8) is 0 Å². The van der Waals surface area contributed by atoms with Crippen molar-refractivity contribution in [2.75, 3.05) is 13.1 Å². The number of nitrogens with zero attached hydrogens (tertiary/aromatic N) is 1. The number of rotatable bonds is 2. The van der Waals surface area contributed by atoms with Crippen molar-refractivity contribution in [1.82, 2.24) is 4.90 Å². The SMILES string of the molecule is C[C@@H]1CN(C(=O)c2csc3ccccc23)C[C@@]1(C)C(=O)O. The molecule has 1 aromatic heterocycles. The maximum absolute atomic E-state index is 12.7. The van der Waals surface area contributed by atoms with E-state index in [1.165, 1.54) is 0 Å². The normalized spacial score (nSPS) is 25.4. The Morgan fingerprint density at radius 3 is 2.76 bits per heavy atom. The fraction of sp³-hybridized carbons (Fsp3) is 0.375. The summed E-state index contributed by atoms with van der Waals surface area (Å²) in [7, 11) is 0. The van der Waals surface area contributed by atoms with Gasteiger partial charge in [0.05, 0.1) is 11.0 Å². The van der Waals surface area contributed by atoms with Gasteiger partial charge in [-0.1, -0.05) is 25.1 Å². The van der Waals surface area contributed by atoms with Gasteiger partial charge in [0.2, 0.25) is 0 Å². The molecule has 0 unspecified atom stereocenters. The summed E-state index contributed by atoms with van der Waals surface area (Å²) in [6.07, 6.45) is 0. The highest BCUT2D eigenvalue weighted by molar-refractivity contribution is 7.17. The maximum atomic E-state index is 12.7. The van der Waals surface area contributed by atoms with Gasteiger partial charge < -0.3 is 10.0 Å². The second kappa shape index (κ2) is 4.84. The van der Waals surface area contributed by atoms with Crippen LogP contribution in [-0.4, -0.2) is 35.0 Å². The van der Waals surface area contributed by atoms with E-state index in [9.17, 15) is 14.7 Å². The van der Waals surface area contributed by atoms with Crippen molar-refractivity contribution in [2.45, 2.75) is 13.8 Å². The van der Waals surface area contributed by atoms with E-state index in [4.69, 9.17) is 0 Å². The summed E-state index contributed by atoms with van der Waals surface area (Å²) in [6, 6.07) is 7.80. The van der Waals surface area contributed by atoms with Crippen LogP contribution < -0.4 is 0 Å². The molecule has 3 rings (SSSR count). The third-order valence-corrected chi connectivity index (χ3v) is 5.55. The minimum Gasteiger partial charge on any atom is -0.481 e. The number of carboxylic acid groups (broad SMARTS) is 1. The van der Waals surface area contributed by atoms with E-state index < -0.39 is 11.4 Å². The number of carboxylic acids is 1. The molecule has 1 aliphatic heterocycles. The van der Waals surface area contributed by atoms with E-state index in [0.717, 1.165) is 10.1 Å². The number of carbonyl (C=O) groups is 2. The van der Waals surface area contributed by atoms with Crippen LogP contribution in [0.15, 0.2) is 29.6 Å². The van der Waals surface area contributed by atoms with Crippen molar-refractivity contribution < 1.29 is 14.7 Å². The zero-order valence-electron chi connectivity index (χ0n) is 12.0. The molecule has 2 atom stereocenters. The summed E-state index contributed by atoms with van der Waals surface area (Å²) in [5.41, 5.74) is -0.181. The molecular weight excluding hydrogens is 286 g/mol.